The minimum atomic E-state index is -1.02. The first-order chi connectivity index (χ1) is 8.56. The molecule has 1 fully saturated rings. The normalized spacial score (nSPS) is 22.0. The maximum atomic E-state index is 10.7. The van der Waals surface area contributed by atoms with Crippen molar-refractivity contribution in [3.8, 4) is 0 Å². The van der Waals surface area contributed by atoms with Gasteiger partial charge in [-0.05, 0) is 26.1 Å². The second-order valence-corrected chi connectivity index (χ2v) is 4.79. The van der Waals surface area contributed by atoms with Crippen LogP contribution >= 0.6 is 0 Å². The number of likely N-dealkylation sites (tertiary alicyclic amines) is 1. The Morgan fingerprint density at radius 1 is 1.72 bits per heavy atom. The first-order valence-corrected chi connectivity index (χ1v) is 6.05. The van der Waals surface area contributed by atoms with Crippen molar-refractivity contribution in [1.82, 2.24) is 14.9 Å². The molecule has 0 spiro atoms. The Morgan fingerprint density at radius 2 is 2.50 bits per heavy atom. The van der Waals surface area contributed by atoms with E-state index in [1.54, 1.807) is 6.20 Å². The van der Waals surface area contributed by atoms with Gasteiger partial charge in [0.2, 0.25) is 0 Å². The van der Waals surface area contributed by atoms with E-state index in [9.17, 15) is 4.79 Å². The van der Waals surface area contributed by atoms with Crippen LogP contribution in [-0.4, -0.2) is 52.1 Å². The molecular weight excluding hydrogens is 232 g/mol. The van der Waals surface area contributed by atoms with Crippen molar-refractivity contribution in [2.24, 2.45) is 5.73 Å². The van der Waals surface area contributed by atoms with E-state index in [1.165, 1.54) is 0 Å². The van der Waals surface area contributed by atoms with E-state index in [-0.39, 0.29) is 6.42 Å². The molecule has 1 saturated heterocycles. The van der Waals surface area contributed by atoms with E-state index in [1.807, 2.05) is 6.07 Å². The molecule has 3 N–H and O–H groups in total. The van der Waals surface area contributed by atoms with Crippen molar-refractivity contribution in [2.75, 3.05) is 20.1 Å². The third kappa shape index (κ3) is 3.02. The lowest BCUT2D eigenvalue weighted by atomic mass is 10.0. The number of carboxylic acids is 1. The topological polar surface area (TPSA) is 92.3 Å². The molecule has 2 rings (SSSR count). The number of hydrogen-bond acceptors (Lipinski definition) is 5. The number of nitrogens with zero attached hydrogens (tertiary/aromatic N) is 3. The molecule has 2 atom stereocenters. The van der Waals surface area contributed by atoms with Crippen LogP contribution in [0.3, 0.4) is 0 Å². The molecule has 1 aromatic heterocycles. The molecule has 1 aliphatic rings. The lowest BCUT2D eigenvalue weighted by molar-refractivity contribution is -0.138. The van der Waals surface area contributed by atoms with Gasteiger partial charge in [-0.3, -0.25) is 4.79 Å². The number of aromatic nitrogens is 2. The van der Waals surface area contributed by atoms with E-state index in [0.717, 1.165) is 25.2 Å². The Morgan fingerprint density at radius 3 is 3.11 bits per heavy atom. The molecule has 98 valence electrons. The maximum Gasteiger partial charge on any atom is 0.320 e. The van der Waals surface area contributed by atoms with Gasteiger partial charge in [0.15, 0.2) is 0 Å². The van der Waals surface area contributed by atoms with Crippen LogP contribution in [0.5, 0.6) is 0 Å². The summed E-state index contributed by atoms with van der Waals surface area (Å²) in [7, 11) is 2.09. The monoisotopic (exact) mass is 250 g/mol. The fourth-order valence-electron chi connectivity index (χ4n) is 2.20. The van der Waals surface area contributed by atoms with Gasteiger partial charge >= 0.3 is 5.97 Å². The Balaban J connectivity index is 2.08. The smallest absolute Gasteiger partial charge is 0.320 e. The molecule has 2 unspecified atom stereocenters. The third-order valence-corrected chi connectivity index (χ3v) is 3.26. The molecule has 0 aliphatic carbocycles. The first-order valence-electron chi connectivity index (χ1n) is 6.05. The predicted octanol–water partition coefficient (Wildman–Crippen LogP) is -0.150. The summed E-state index contributed by atoms with van der Waals surface area (Å²) >= 11 is 0. The second-order valence-electron chi connectivity index (χ2n) is 4.79. The second kappa shape index (κ2) is 5.41. The number of hydrogen-bond donors (Lipinski definition) is 2. The number of carbonyl (C=O) groups is 1. The summed E-state index contributed by atoms with van der Waals surface area (Å²) in [6.45, 7) is 2.06. The van der Waals surface area contributed by atoms with Crippen molar-refractivity contribution in [3.05, 3.63) is 23.8 Å². The van der Waals surface area contributed by atoms with Crippen LogP contribution in [0.4, 0.5) is 0 Å². The minimum Gasteiger partial charge on any atom is -0.480 e. The lowest BCUT2D eigenvalue weighted by Crippen LogP contribution is -2.33. The van der Waals surface area contributed by atoms with E-state index in [0.29, 0.717) is 11.7 Å². The number of aliphatic carboxylic acids is 1. The SMILES string of the molecule is CN1CCC(c2ccnc(CC(N)C(=O)O)n2)C1. The fraction of sp³-hybridized carbons (Fsp3) is 0.583. The fourth-order valence-corrected chi connectivity index (χ4v) is 2.20. The molecule has 1 aliphatic heterocycles. The van der Waals surface area contributed by atoms with Gasteiger partial charge in [-0.2, -0.15) is 0 Å². The van der Waals surface area contributed by atoms with Crippen molar-refractivity contribution in [2.45, 2.75) is 24.8 Å². The number of rotatable bonds is 4. The van der Waals surface area contributed by atoms with Crippen LogP contribution in [0, 0.1) is 0 Å². The number of carboxylic acid groups (broad SMARTS) is 1. The summed E-state index contributed by atoms with van der Waals surface area (Å²) in [6.07, 6.45) is 2.94. The molecule has 0 amide bonds. The van der Waals surface area contributed by atoms with Crippen molar-refractivity contribution in [1.29, 1.82) is 0 Å². The predicted molar refractivity (Wildman–Crippen MR) is 66.2 cm³/mol. The highest BCUT2D eigenvalue weighted by Gasteiger charge is 2.23. The molecule has 2 heterocycles. The summed E-state index contributed by atoms with van der Waals surface area (Å²) in [5.74, 6) is -0.0978. The molecule has 6 nitrogen and oxygen atoms in total. The van der Waals surface area contributed by atoms with Crippen LogP contribution in [0.2, 0.25) is 0 Å². The van der Waals surface area contributed by atoms with Gasteiger partial charge in [-0.15, -0.1) is 0 Å². The summed E-state index contributed by atoms with van der Waals surface area (Å²) in [6, 6.07) is 0.964. The van der Waals surface area contributed by atoms with Gasteiger partial charge in [-0.25, -0.2) is 9.97 Å². The maximum absolute atomic E-state index is 10.7. The highest BCUT2D eigenvalue weighted by molar-refractivity contribution is 5.73. The zero-order valence-electron chi connectivity index (χ0n) is 10.4. The number of likely N-dealkylation sites (N-methyl/N-ethyl adjacent to an activating group) is 1. The Bertz CT molecular complexity index is 438. The van der Waals surface area contributed by atoms with Crippen LogP contribution < -0.4 is 5.73 Å². The van der Waals surface area contributed by atoms with Crippen molar-refractivity contribution < 1.29 is 9.90 Å². The van der Waals surface area contributed by atoms with Gasteiger partial charge in [0.25, 0.3) is 0 Å². The summed E-state index contributed by atoms with van der Waals surface area (Å²) in [4.78, 5) is 21.5. The van der Waals surface area contributed by atoms with E-state index >= 15 is 0 Å². The quantitative estimate of drug-likeness (QED) is 0.772. The largest absolute Gasteiger partial charge is 0.480 e. The molecule has 0 saturated carbocycles. The van der Waals surface area contributed by atoms with E-state index in [4.69, 9.17) is 10.8 Å². The molecule has 1 aromatic rings. The summed E-state index contributed by atoms with van der Waals surface area (Å²) in [5, 5.41) is 8.77. The molecule has 6 heteroatoms. The molecule has 0 aromatic carbocycles. The van der Waals surface area contributed by atoms with Gasteiger partial charge in [-0.1, -0.05) is 0 Å². The highest BCUT2D eigenvalue weighted by Crippen LogP contribution is 2.24. The standard InChI is InChI=1S/C12H18N4O2/c1-16-5-3-8(7-16)10-2-4-14-11(15-10)6-9(13)12(17)18/h2,4,8-9H,3,5-7,13H2,1H3,(H,17,18). The van der Waals surface area contributed by atoms with Crippen LogP contribution in [0.1, 0.15) is 23.9 Å². The minimum absolute atomic E-state index is 0.172. The third-order valence-electron chi connectivity index (χ3n) is 3.26. The summed E-state index contributed by atoms with van der Waals surface area (Å²) < 4.78 is 0. The van der Waals surface area contributed by atoms with Crippen LogP contribution in [0.25, 0.3) is 0 Å². The number of nitrogens with two attached hydrogens (primary N) is 1. The van der Waals surface area contributed by atoms with Crippen molar-refractivity contribution in [3.63, 3.8) is 0 Å². The average molecular weight is 250 g/mol. The molecule has 0 bridgehead atoms. The van der Waals surface area contributed by atoms with Gasteiger partial charge in [0, 0.05) is 30.8 Å². The van der Waals surface area contributed by atoms with E-state index in [2.05, 4.69) is 21.9 Å². The Kier molecular flexibility index (Phi) is 3.88. The average Bonchev–Trinajstić information content (AvgIpc) is 2.76. The zero-order valence-corrected chi connectivity index (χ0v) is 10.4. The van der Waals surface area contributed by atoms with E-state index < -0.39 is 12.0 Å². The molecular formula is C12H18N4O2. The molecule has 0 radical (unpaired) electrons. The van der Waals surface area contributed by atoms with Crippen LogP contribution in [0.15, 0.2) is 12.3 Å². The highest BCUT2D eigenvalue weighted by atomic mass is 16.4. The van der Waals surface area contributed by atoms with Crippen LogP contribution in [-0.2, 0) is 11.2 Å². The Labute approximate surface area is 106 Å². The lowest BCUT2D eigenvalue weighted by Gasteiger charge is -2.11. The van der Waals surface area contributed by atoms with Crippen molar-refractivity contribution >= 4 is 5.97 Å². The Hall–Kier alpha value is -1.53. The first kappa shape index (κ1) is 12.9. The summed E-state index contributed by atoms with van der Waals surface area (Å²) in [5.41, 5.74) is 6.47. The molecule has 18 heavy (non-hydrogen) atoms. The zero-order chi connectivity index (χ0) is 13.1. The van der Waals surface area contributed by atoms with Gasteiger partial charge in [0.1, 0.15) is 11.9 Å². The van der Waals surface area contributed by atoms with Gasteiger partial charge in [0.05, 0.1) is 0 Å². The van der Waals surface area contributed by atoms with Gasteiger partial charge < -0.3 is 15.7 Å².